The zero-order valence-electron chi connectivity index (χ0n) is 11.6. The van der Waals surface area contributed by atoms with Crippen LogP contribution in [0.5, 0.6) is 0 Å². The molecule has 0 aliphatic heterocycles. The van der Waals surface area contributed by atoms with Gasteiger partial charge in [-0.1, -0.05) is 30.3 Å². The predicted octanol–water partition coefficient (Wildman–Crippen LogP) is 1.67. The summed E-state index contributed by atoms with van der Waals surface area (Å²) in [6.07, 6.45) is 1.29. The summed E-state index contributed by atoms with van der Waals surface area (Å²) in [7, 11) is -3.76. The predicted molar refractivity (Wildman–Crippen MR) is 84.4 cm³/mol. The third-order valence-electron chi connectivity index (χ3n) is 2.95. The molecule has 0 amide bonds. The SMILES string of the molecule is NS(=O)(=O)/C=C/c1cc(CO)cc(C(=O)c2ccccc2)c1. The number of hydrogen-bond acceptors (Lipinski definition) is 4. The van der Waals surface area contributed by atoms with Crippen molar-refractivity contribution in [3.05, 3.63) is 76.2 Å². The molecular formula is C16H15NO4S. The maximum atomic E-state index is 12.4. The second-order valence-corrected chi connectivity index (χ2v) is 6.16. The summed E-state index contributed by atoms with van der Waals surface area (Å²) in [4.78, 5) is 12.4. The summed E-state index contributed by atoms with van der Waals surface area (Å²) < 4.78 is 21.9. The highest BCUT2D eigenvalue weighted by Gasteiger charge is 2.10. The van der Waals surface area contributed by atoms with E-state index in [1.54, 1.807) is 48.5 Å². The Morgan fingerprint density at radius 3 is 2.36 bits per heavy atom. The maximum Gasteiger partial charge on any atom is 0.231 e. The molecule has 0 aliphatic carbocycles. The molecule has 0 atom stereocenters. The fraction of sp³-hybridized carbons (Fsp3) is 0.0625. The first-order valence-electron chi connectivity index (χ1n) is 6.44. The zero-order chi connectivity index (χ0) is 16.2. The van der Waals surface area contributed by atoms with E-state index in [0.717, 1.165) is 5.41 Å². The second kappa shape index (κ2) is 6.65. The van der Waals surface area contributed by atoms with Crippen molar-refractivity contribution in [2.24, 2.45) is 5.14 Å². The van der Waals surface area contributed by atoms with E-state index in [4.69, 9.17) is 5.14 Å². The Kier molecular flexibility index (Phi) is 4.87. The normalized spacial score (nSPS) is 11.7. The van der Waals surface area contributed by atoms with E-state index in [9.17, 15) is 18.3 Å². The number of sulfonamides is 1. The van der Waals surface area contributed by atoms with Crippen molar-refractivity contribution in [2.75, 3.05) is 0 Å². The van der Waals surface area contributed by atoms with Crippen LogP contribution in [0.2, 0.25) is 0 Å². The number of hydrogen-bond donors (Lipinski definition) is 2. The molecule has 3 N–H and O–H groups in total. The van der Waals surface area contributed by atoms with Crippen LogP contribution in [-0.2, 0) is 16.6 Å². The Hall–Kier alpha value is -2.28. The average Bonchev–Trinajstić information content (AvgIpc) is 2.52. The van der Waals surface area contributed by atoms with Crippen molar-refractivity contribution in [2.45, 2.75) is 6.61 Å². The second-order valence-electron chi connectivity index (χ2n) is 4.71. The van der Waals surface area contributed by atoms with Gasteiger partial charge >= 0.3 is 0 Å². The smallest absolute Gasteiger partial charge is 0.231 e. The van der Waals surface area contributed by atoms with Crippen LogP contribution in [0.15, 0.2) is 53.9 Å². The lowest BCUT2D eigenvalue weighted by atomic mass is 9.99. The molecule has 0 spiro atoms. The summed E-state index contributed by atoms with van der Waals surface area (Å²) in [5.41, 5.74) is 1.86. The highest BCUT2D eigenvalue weighted by molar-refractivity contribution is 7.92. The molecule has 6 heteroatoms. The van der Waals surface area contributed by atoms with E-state index in [1.165, 1.54) is 6.08 Å². The minimum atomic E-state index is -3.76. The molecule has 0 saturated heterocycles. The Morgan fingerprint density at radius 1 is 1.09 bits per heavy atom. The molecule has 5 nitrogen and oxygen atoms in total. The van der Waals surface area contributed by atoms with Crippen LogP contribution >= 0.6 is 0 Å². The highest BCUT2D eigenvalue weighted by atomic mass is 32.2. The molecule has 0 radical (unpaired) electrons. The average molecular weight is 317 g/mol. The molecular weight excluding hydrogens is 302 g/mol. The van der Waals surface area contributed by atoms with Gasteiger partial charge in [-0.2, -0.15) is 0 Å². The van der Waals surface area contributed by atoms with Crippen LogP contribution < -0.4 is 5.14 Å². The molecule has 0 aromatic heterocycles. The standard InChI is InChI=1S/C16H15NO4S/c17-22(20,21)7-6-12-8-13(11-18)10-15(9-12)16(19)14-4-2-1-3-5-14/h1-10,18H,11H2,(H2,17,20,21)/b7-6+. The number of aliphatic hydroxyl groups is 1. The monoisotopic (exact) mass is 317 g/mol. The molecule has 0 saturated carbocycles. The van der Waals surface area contributed by atoms with Gasteiger partial charge in [0.2, 0.25) is 10.0 Å². The summed E-state index contributed by atoms with van der Waals surface area (Å²) in [5, 5.41) is 15.0. The van der Waals surface area contributed by atoms with Crippen LogP contribution in [0.25, 0.3) is 6.08 Å². The fourth-order valence-corrected chi connectivity index (χ4v) is 2.31. The van der Waals surface area contributed by atoms with Crippen molar-refractivity contribution in [3.63, 3.8) is 0 Å². The zero-order valence-corrected chi connectivity index (χ0v) is 12.5. The first kappa shape index (κ1) is 16.1. The van der Waals surface area contributed by atoms with Gasteiger partial charge in [-0.25, -0.2) is 13.6 Å². The lowest BCUT2D eigenvalue weighted by Gasteiger charge is -2.06. The first-order chi connectivity index (χ1) is 10.4. The van der Waals surface area contributed by atoms with Gasteiger partial charge in [-0.3, -0.25) is 4.79 Å². The quantitative estimate of drug-likeness (QED) is 0.820. The lowest BCUT2D eigenvalue weighted by molar-refractivity contribution is 0.103. The third kappa shape index (κ3) is 4.36. The topological polar surface area (TPSA) is 97.5 Å². The number of ketones is 1. The number of aliphatic hydroxyl groups excluding tert-OH is 1. The third-order valence-corrected chi connectivity index (χ3v) is 3.46. The lowest BCUT2D eigenvalue weighted by Crippen LogP contribution is -2.07. The summed E-state index contributed by atoms with van der Waals surface area (Å²) in [5.74, 6) is -0.207. The molecule has 0 bridgehead atoms. The number of carbonyl (C=O) groups excluding carboxylic acids is 1. The van der Waals surface area contributed by atoms with Gasteiger partial charge < -0.3 is 5.11 Å². The van der Waals surface area contributed by atoms with Gasteiger partial charge in [0.25, 0.3) is 0 Å². The Balaban J connectivity index is 2.44. The number of benzene rings is 2. The number of nitrogens with two attached hydrogens (primary N) is 1. The Labute approximate surface area is 128 Å². The van der Waals surface area contributed by atoms with Crippen LogP contribution in [0, 0.1) is 0 Å². The Morgan fingerprint density at radius 2 is 1.77 bits per heavy atom. The van der Waals surface area contributed by atoms with E-state index in [1.807, 2.05) is 0 Å². The number of carbonyl (C=O) groups is 1. The highest BCUT2D eigenvalue weighted by Crippen LogP contribution is 2.16. The summed E-state index contributed by atoms with van der Waals surface area (Å²) in [6.45, 7) is -0.258. The molecule has 0 heterocycles. The summed E-state index contributed by atoms with van der Waals surface area (Å²) >= 11 is 0. The molecule has 2 aromatic rings. The fourth-order valence-electron chi connectivity index (χ4n) is 1.97. The molecule has 2 rings (SSSR count). The minimum absolute atomic E-state index is 0.207. The van der Waals surface area contributed by atoms with Crippen molar-refractivity contribution in [1.82, 2.24) is 0 Å². The van der Waals surface area contributed by atoms with Crippen LogP contribution in [0.3, 0.4) is 0 Å². The molecule has 114 valence electrons. The van der Waals surface area contributed by atoms with Crippen molar-refractivity contribution >= 4 is 21.9 Å². The minimum Gasteiger partial charge on any atom is -0.392 e. The van der Waals surface area contributed by atoms with Crippen molar-refractivity contribution in [3.8, 4) is 0 Å². The molecule has 0 unspecified atom stereocenters. The van der Waals surface area contributed by atoms with Gasteiger partial charge in [-0.15, -0.1) is 0 Å². The molecule has 22 heavy (non-hydrogen) atoms. The molecule has 0 fully saturated rings. The summed E-state index contributed by atoms with van der Waals surface area (Å²) in [6, 6.07) is 13.4. The van der Waals surface area contributed by atoms with Crippen molar-refractivity contribution in [1.29, 1.82) is 0 Å². The van der Waals surface area contributed by atoms with E-state index in [0.29, 0.717) is 22.3 Å². The van der Waals surface area contributed by atoms with E-state index >= 15 is 0 Å². The van der Waals surface area contributed by atoms with E-state index < -0.39 is 10.0 Å². The van der Waals surface area contributed by atoms with Crippen LogP contribution in [0.1, 0.15) is 27.0 Å². The van der Waals surface area contributed by atoms with Gasteiger partial charge in [0.05, 0.1) is 6.61 Å². The largest absolute Gasteiger partial charge is 0.392 e. The van der Waals surface area contributed by atoms with Gasteiger partial charge in [0.1, 0.15) is 0 Å². The number of rotatable bonds is 5. The van der Waals surface area contributed by atoms with Gasteiger partial charge in [-0.05, 0) is 35.4 Å². The van der Waals surface area contributed by atoms with E-state index in [2.05, 4.69) is 0 Å². The first-order valence-corrected chi connectivity index (χ1v) is 8.05. The molecule has 0 aliphatic rings. The van der Waals surface area contributed by atoms with Crippen LogP contribution in [-0.4, -0.2) is 19.3 Å². The van der Waals surface area contributed by atoms with Gasteiger partial charge in [0, 0.05) is 16.5 Å². The molecule has 2 aromatic carbocycles. The van der Waals surface area contributed by atoms with E-state index in [-0.39, 0.29) is 12.4 Å². The Bertz CT molecular complexity index is 811. The van der Waals surface area contributed by atoms with Crippen LogP contribution in [0.4, 0.5) is 0 Å². The maximum absolute atomic E-state index is 12.4. The van der Waals surface area contributed by atoms with Crippen molar-refractivity contribution < 1.29 is 18.3 Å². The number of primary sulfonamides is 1. The van der Waals surface area contributed by atoms with Gasteiger partial charge in [0.15, 0.2) is 5.78 Å².